The Hall–Kier alpha value is -2.88. The third-order valence-electron chi connectivity index (χ3n) is 3.16. The topological polar surface area (TPSA) is 55.2 Å². The number of aromatic nitrogens is 2. The second kappa shape index (κ2) is 5.63. The molecule has 0 amide bonds. The summed E-state index contributed by atoms with van der Waals surface area (Å²) in [4.78, 5) is 8.83. The first kappa shape index (κ1) is 13.1. The third kappa shape index (κ3) is 2.84. The lowest BCUT2D eigenvalue weighted by Gasteiger charge is -2.06. The van der Waals surface area contributed by atoms with Gasteiger partial charge in [0.15, 0.2) is 0 Å². The minimum Gasteiger partial charge on any atom is -0.508 e. The van der Waals surface area contributed by atoms with Gasteiger partial charge >= 0.3 is 0 Å². The molecule has 104 valence electrons. The molecule has 3 rings (SSSR count). The maximum Gasteiger partial charge on any atom is 0.118 e. The lowest BCUT2D eigenvalue weighted by atomic mass is 10.1. The fourth-order valence-corrected chi connectivity index (χ4v) is 2.07. The Morgan fingerprint density at radius 1 is 0.905 bits per heavy atom. The lowest BCUT2D eigenvalue weighted by Crippen LogP contribution is -1.90. The third-order valence-corrected chi connectivity index (χ3v) is 3.16. The van der Waals surface area contributed by atoms with E-state index in [1.54, 1.807) is 37.7 Å². The van der Waals surface area contributed by atoms with E-state index < -0.39 is 0 Å². The predicted octanol–water partition coefficient (Wildman–Crippen LogP) is 3.52. The van der Waals surface area contributed by atoms with Crippen LogP contribution in [-0.2, 0) is 0 Å². The quantitative estimate of drug-likeness (QED) is 0.796. The highest BCUT2D eigenvalue weighted by Crippen LogP contribution is 2.25. The van der Waals surface area contributed by atoms with Crippen LogP contribution in [0.2, 0.25) is 0 Å². The second-order valence-corrected chi connectivity index (χ2v) is 4.57. The Morgan fingerprint density at radius 3 is 2.29 bits per heavy atom. The molecule has 0 unspecified atom stereocenters. The van der Waals surface area contributed by atoms with Crippen LogP contribution in [-0.4, -0.2) is 22.2 Å². The van der Waals surface area contributed by atoms with Gasteiger partial charge in [-0.3, -0.25) is 4.98 Å². The Balaban J connectivity index is 1.99. The minimum atomic E-state index is 0.212. The minimum absolute atomic E-state index is 0.212. The number of aromatic hydroxyl groups is 1. The van der Waals surface area contributed by atoms with Crippen LogP contribution in [0.1, 0.15) is 0 Å². The number of phenols is 1. The molecule has 0 bridgehead atoms. The molecule has 0 aliphatic carbocycles. The number of ether oxygens (including phenoxy) is 1. The number of hydrogen-bond acceptors (Lipinski definition) is 4. The van der Waals surface area contributed by atoms with Gasteiger partial charge in [-0.15, -0.1) is 0 Å². The lowest BCUT2D eigenvalue weighted by molar-refractivity contribution is 0.415. The molecule has 0 saturated carbocycles. The molecule has 3 aromatic rings. The van der Waals surface area contributed by atoms with Crippen molar-refractivity contribution in [3.8, 4) is 34.0 Å². The number of benzene rings is 2. The summed E-state index contributed by atoms with van der Waals surface area (Å²) in [5.41, 5.74) is 3.29. The van der Waals surface area contributed by atoms with Crippen LogP contribution in [0.15, 0.2) is 60.9 Å². The van der Waals surface area contributed by atoms with Crippen LogP contribution in [0, 0.1) is 0 Å². The molecule has 4 nitrogen and oxygen atoms in total. The molecule has 0 atom stereocenters. The Bertz CT molecular complexity index is 755. The number of hydrogen-bond donors (Lipinski definition) is 1. The Labute approximate surface area is 122 Å². The summed E-state index contributed by atoms with van der Waals surface area (Å²) in [5.74, 6) is 1.01. The summed E-state index contributed by atoms with van der Waals surface area (Å²) >= 11 is 0. The summed E-state index contributed by atoms with van der Waals surface area (Å²) < 4.78 is 5.15. The molecule has 0 fully saturated rings. The standard InChI is InChI=1S/C17H14N2O2/c1-21-15-7-5-12(6-8-15)16-10-18-11-17(19-16)13-3-2-4-14(20)9-13/h2-11,20H,1H3. The van der Waals surface area contributed by atoms with Gasteiger partial charge in [0, 0.05) is 11.1 Å². The van der Waals surface area contributed by atoms with Crippen LogP contribution < -0.4 is 4.74 Å². The van der Waals surface area contributed by atoms with Crippen molar-refractivity contribution in [2.24, 2.45) is 0 Å². The summed E-state index contributed by atoms with van der Waals surface area (Å²) in [6.07, 6.45) is 3.40. The molecule has 1 N–H and O–H groups in total. The Kier molecular flexibility index (Phi) is 3.51. The van der Waals surface area contributed by atoms with E-state index in [-0.39, 0.29) is 5.75 Å². The van der Waals surface area contributed by atoms with Crippen molar-refractivity contribution in [1.29, 1.82) is 0 Å². The molecule has 4 heteroatoms. The molecular formula is C17H14N2O2. The molecular weight excluding hydrogens is 264 g/mol. The van der Waals surface area contributed by atoms with Crippen molar-refractivity contribution >= 4 is 0 Å². The van der Waals surface area contributed by atoms with Crippen molar-refractivity contribution in [3.63, 3.8) is 0 Å². The second-order valence-electron chi connectivity index (χ2n) is 4.57. The van der Waals surface area contributed by atoms with Crippen LogP contribution in [0.25, 0.3) is 22.5 Å². The van der Waals surface area contributed by atoms with E-state index in [0.29, 0.717) is 0 Å². The molecule has 21 heavy (non-hydrogen) atoms. The van der Waals surface area contributed by atoms with Crippen molar-refractivity contribution in [1.82, 2.24) is 9.97 Å². The summed E-state index contributed by atoms with van der Waals surface area (Å²) in [7, 11) is 1.64. The molecule has 0 saturated heterocycles. The molecule has 1 aromatic heterocycles. The zero-order chi connectivity index (χ0) is 14.7. The van der Waals surface area contributed by atoms with E-state index in [4.69, 9.17) is 4.74 Å². The monoisotopic (exact) mass is 278 g/mol. The van der Waals surface area contributed by atoms with E-state index in [2.05, 4.69) is 9.97 Å². The molecule has 0 aliphatic heterocycles. The van der Waals surface area contributed by atoms with Crippen LogP contribution >= 0.6 is 0 Å². The normalized spacial score (nSPS) is 10.3. The van der Waals surface area contributed by atoms with E-state index in [1.165, 1.54) is 0 Å². The number of methoxy groups -OCH3 is 1. The maximum absolute atomic E-state index is 9.56. The van der Waals surface area contributed by atoms with E-state index in [0.717, 1.165) is 28.3 Å². The number of phenolic OH excluding ortho intramolecular Hbond substituents is 1. The fourth-order valence-electron chi connectivity index (χ4n) is 2.07. The molecule has 1 heterocycles. The van der Waals surface area contributed by atoms with Crippen molar-refractivity contribution in [2.45, 2.75) is 0 Å². The average molecular weight is 278 g/mol. The van der Waals surface area contributed by atoms with Crippen molar-refractivity contribution in [2.75, 3.05) is 7.11 Å². The molecule has 2 aromatic carbocycles. The predicted molar refractivity (Wildman–Crippen MR) is 81.1 cm³/mol. The first-order valence-electron chi connectivity index (χ1n) is 6.52. The fraction of sp³-hybridized carbons (Fsp3) is 0.0588. The number of rotatable bonds is 3. The SMILES string of the molecule is COc1ccc(-c2cncc(-c3cccc(O)c3)n2)cc1. The zero-order valence-electron chi connectivity index (χ0n) is 11.5. The highest BCUT2D eigenvalue weighted by Gasteiger charge is 2.05. The van der Waals surface area contributed by atoms with Crippen molar-refractivity contribution < 1.29 is 9.84 Å². The van der Waals surface area contributed by atoms with Gasteiger partial charge in [0.25, 0.3) is 0 Å². The van der Waals surface area contributed by atoms with E-state index in [1.807, 2.05) is 30.3 Å². The van der Waals surface area contributed by atoms with E-state index in [9.17, 15) is 5.11 Å². The van der Waals surface area contributed by atoms with Gasteiger partial charge in [-0.2, -0.15) is 0 Å². The Morgan fingerprint density at radius 2 is 1.62 bits per heavy atom. The average Bonchev–Trinajstić information content (AvgIpc) is 2.55. The summed E-state index contributed by atoms with van der Waals surface area (Å²) in [5, 5.41) is 9.56. The first-order chi connectivity index (χ1) is 10.3. The maximum atomic E-state index is 9.56. The summed E-state index contributed by atoms with van der Waals surface area (Å²) in [6, 6.07) is 14.6. The smallest absolute Gasteiger partial charge is 0.118 e. The van der Waals surface area contributed by atoms with Gasteiger partial charge in [0.1, 0.15) is 11.5 Å². The highest BCUT2D eigenvalue weighted by atomic mass is 16.5. The van der Waals surface area contributed by atoms with Crippen LogP contribution in [0.3, 0.4) is 0 Å². The molecule has 0 aliphatic rings. The highest BCUT2D eigenvalue weighted by molar-refractivity contribution is 5.65. The van der Waals surface area contributed by atoms with Gasteiger partial charge in [-0.1, -0.05) is 12.1 Å². The van der Waals surface area contributed by atoms with Crippen LogP contribution in [0.4, 0.5) is 0 Å². The van der Waals surface area contributed by atoms with Gasteiger partial charge in [-0.05, 0) is 36.4 Å². The molecule has 0 spiro atoms. The first-order valence-corrected chi connectivity index (χ1v) is 6.52. The molecule has 0 radical (unpaired) electrons. The largest absolute Gasteiger partial charge is 0.508 e. The van der Waals surface area contributed by atoms with Gasteiger partial charge in [0.2, 0.25) is 0 Å². The van der Waals surface area contributed by atoms with E-state index >= 15 is 0 Å². The summed E-state index contributed by atoms with van der Waals surface area (Å²) in [6.45, 7) is 0. The van der Waals surface area contributed by atoms with Gasteiger partial charge < -0.3 is 9.84 Å². The number of nitrogens with zero attached hydrogens (tertiary/aromatic N) is 2. The van der Waals surface area contributed by atoms with Gasteiger partial charge in [0.05, 0.1) is 30.9 Å². The van der Waals surface area contributed by atoms with Gasteiger partial charge in [-0.25, -0.2) is 4.98 Å². The van der Waals surface area contributed by atoms with Crippen molar-refractivity contribution in [3.05, 3.63) is 60.9 Å². The van der Waals surface area contributed by atoms with Crippen LogP contribution in [0.5, 0.6) is 11.5 Å². The zero-order valence-corrected chi connectivity index (χ0v) is 11.5.